The van der Waals surface area contributed by atoms with E-state index in [1.54, 1.807) is 4.52 Å². The number of rotatable bonds is 4. The molecule has 2 rings (SSSR count). The first-order chi connectivity index (χ1) is 7.70. The molecule has 0 fully saturated rings. The molecular formula is C9H12N4O2S. The van der Waals surface area contributed by atoms with Crippen LogP contribution in [0, 0.1) is 6.92 Å². The third-order valence-corrected chi connectivity index (χ3v) is 3.12. The van der Waals surface area contributed by atoms with Crippen molar-refractivity contribution in [3.05, 3.63) is 18.1 Å². The van der Waals surface area contributed by atoms with E-state index in [-0.39, 0.29) is 6.61 Å². The topological polar surface area (TPSA) is 83.5 Å². The van der Waals surface area contributed by atoms with Crippen LogP contribution in [0.1, 0.15) is 5.69 Å². The van der Waals surface area contributed by atoms with Crippen LogP contribution < -0.4 is 0 Å². The van der Waals surface area contributed by atoms with Crippen molar-refractivity contribution in [1.82, 2.24) is 19.6 Å². The normalized spacial score (nSPS) is 13.2. The number of aliphatic hydroxyl groups excluding tert-OH is 2. The van der Waals surface area contributed by atoms with Gasteiger partial charge in [-0.3, -0.25) is 0 Å². The summed E-state index contributed by atoms with van der Waals surface area (Å²) in [7, 11) is 0. The maximum absolute atomic E-state index is 9.28. The van der Waals surface area contributed by atoms with Gasteiger partial charge in [0, 0.05) is 11.4 Å². The molecule has 2 heterocycles. The number of thioether (sulfide) groups is 1. The fourth-order valence-corrected chi connectivity index (χ4v) is 2.21. The van der Waals surface area contributed by atoms with Gasteiger partial charge in [0.05, 0.1) is 12.7 Å². The van der Waals surface area contributed by atoms with E-state index in [1.165, 1.54) is 18.1 Å². The van der Waals surface area contributed by atoms with Crippen molar-refractivity contribution in [1.29, 1.82) is 0 Å². The Balaban J connectivity index is 2.25. The van der Waals surface area contributed by atoms with Crippen LogP contribution in [0.4, 0.5) is 0 Å². The maximum atomic E-state index is 9.28. The molecule has 16 heavy (non-hydrogen) atoms. The van der Waals surface area contributed by atoms with Gasteiger partial charge in [0.25, 0.3) is 5.78 Å². The summed E-state index contributed by atoms with van der Waals surface area (Å²) in [6.45, 7) is 1.64. The summed E-state index contributed by atoms with van der Waals surface area (Å²) in [5.41, 5.74) is 0.849. The van der Waals surface area contributed by atoms with Crippen LogP contribution in [0.15, 0.2) is 17.4 Å². The van der Waals surface area contributed by atoms with Gasteiger partial charge >= 0.3 is 0 Å². The van der Waals surface area contributed by atoms with E-state index in [9.17, 15) is 5.11 Å². The Morgan fingerprint density at radius 3 is 3.12 bits per heavy atom. The summed E-state index contributed by atoms with van der Waals surface area (Å²) in [5.74, 6) is 0.954. The highest BCUT2D eigenvalue weighted by atomic mass is 32.2. The van der Waals surface area contributed by atoms with E-state index >= 15 is 0 Å². The monoisotopic (exact) mass is 240 g/mol. The molecule has 0 radical (unpaired) electrons. The van der Waals surface area contributed by atoms with Crippen molar-refractivity contribution in [3.63, 3.8) is 0 Å². The first-order valence-corrected chi connectivity index (χ1v) is 5.78. The molecule has 7 heteroatoms. The average Bonchev–Trinajstić information content (AvgIpc) is 2.73. The molecule has 0 aliphatic rings. The molecular weight excluding hydrogens is 228 g/mol. The molecule has 0 amide bonds. The number of hydrogen-bond acceptors (Lipinski definition) is 6. The van der Waals surface area contributed by atoms with E-state index in [0.717, 1.165) is 10.7 Å². The van der Waals surface area contributed by atoms with Gasteiger partial charge in [-0.1, -0.05) is 0 Å². The van der Waals surface area contributed by atoms with Gasteiger partial charge in [0.1, 0.15) is 11.4 Å². The highest BCUT2D eigenvalue weighted by Crippen LogP contribution is 2.19. The highest BCUT2D eigenvalue weighted by Gasteiger charge is 2.08. The number of nitrogens with zero attached hydrogens (tertiary/aromatic N) is 4. The van der Waals surface area contributed by atoms with E-state index in [1.807, 2.05) is 13.0 Å². The van der Waals surface area contributed by atoms with Crippen LogP contribution in [-0.4, -0.2) is 48.3 Å². The first-order valence-electron chi connectivity index (χ1n) is 4.80. The third-order valence-electron chi connectivity index (χ3n) is 1.98. The van der Waals surface area contributed by atoms with Crippen molar-refractivity contribution >= 4 is 17.5 Å². The zero-order chi connectivity index (χ0) is 11.5. The van der Waals surface area contributed by atoms with E-state index < -0.39 is 6.10 Å². The second-order valence-electron chi connectivity index (χ2n) is 3.36. The lowest BCUT2D eigenvalue weighted by Gasteiger charge is -2.07. The van der Waals surface area contributed by atoms with Crippen LogP contribution in [0.2, 0.25) is 0 Å². The van der Waals surface area contributed by atoms with Crippen LogP contribution in [0.5, 0.6) is 0 Å². The van der Waals surface area contributed by atoms with Crippen LogP contribution in [0.25, 0.3) is 5.78 Å². The molecule has 1 unspecified atom stereocenters. The summed E-state index contributed by atoms with van der Waals surface area (Å²) in [4.78, 5) is 8.21. The summed E-state index contributed by atoms with van der Waals surface area (Å²) < 4.78 is 1.61. The maximum Gasteiger partial charge on any atom is 0.253 e. The fraction of sp³-hybridized carbons (Fsp3) is 0.444. The van der Waals surface area contributed by atoms with Crippen molar-refractivity contribution in [2.24, 2.45) is 0 Å². The Kier molecular flexibility index (Phi) is 3.37. The minimum absolute atomic E-state index is 0.239. The third kappa shape index (κ3) is 2.31. The predicted octanol–water partition coefficient (Wildman–Crippen LogP) is -0.122. The minimum atomic E-state index is -0.725. The van der Waals surface area contributed by atoms with Gasteiger partial charge < -0.3 is 10.2 Å². The van der Waals surface area contributed by atoms with Crippen molar-refractivity contribution < 1.29 is 10.2 Å². The second-order valence-corrected chi connectivity index (χ2v) is 4.40. The molecule has 6 nitrogen and oxygen atoms in total. The Morgan fingerprint density at radius 1 is 1.56 bits per heavy atom. The predicted molar refractivity (Wildman–Crippen MR) is 59.3 cm³/mol. The molecule has 1 atom stereocenters. The molecule has 0 saturated heterocycles. The molecule has 0 saturated carbocycles. The van der Waals surface area contributed by atoms with E-state index in [0.29, 0.717) is 11.5 Å². The minimum Gasteiger partial charge on any atom is -0.394 e. The standard InChI is InChI=1S/C9H12N4O2S/c1-6-2-8(16-4-7(15)3-14)13-9(12-6)10-5-11-13/h2,5,7,14-15H,3-4H2,1H3. The molecule has 0 aliphatic carbocycles. The Bertz CT molecular complexity index is 487. The van der Waals surface area contributed by atoms with Crippen LogP contribution in [0.3, 0.4) is 0 Å². The smallest absolute Gasteiger partial charge is 0.253 e. The Hall–Kier alpha value is -1.18. The fourth-order valence-electron chi connectivity index (χ4n) is 1.23. The lowest BCUT2D eigenvalue weighted by atomic mass is 10.4. The Morgan fingerprint density at radius 2 is 2.38 bits per heavy atom. The molecule has 2 aromatic heterocycles. The van der Waals surface area contributed by atoms with Crippen molar-refractivity contribution in [2.45, 2.75) is 18.1 Å². The average molecular weight is 240 g/mol. The summed E-state index contributed by atoms with van der Waals surface area (Å²) in [6, 6.07) is 1.87. The Labute approximate surface area is 96.3 Å². The number of aromatic nitrogens is 4. The van der Waals surface area contributed by atoms with Crippen LogP contribution in [-0.2, 0) is 0 Å². The number of fused-ring (bicyclic) bond motifs is 1. The zero-order valence-corrected chi connectivity index (χ0v) is 9.55. The zero-order valence-electron chi connectivity index (χ0n) is 8.74. The summed E-state index contributed by atoms with van der Waals surface area (Å²) in [5, 5.41) is 22.9. The number of aliphatic hydroxyl groups is 2. The molecule has 0 aliphatic heterocycles. The van der Waals surface area contributed by atoms with Gasteiger partial charge in [-0.2, -0.15) is 14.6 Å². The first kappa shape index (κ1) is 11.3. The number of aryl methyl sites for hydroxylation is 1. The lowest BCUT2D eigenvalue weighted by molar-refractivity contribution is 0.113. The quantitative estimate of drug-likeness (QED) is 0.572. The van der Waals surface area contributed by atoms with Gasteiger partial charge in [-0.25, -0.2) is 4.98 Å². The molecule has 86 valence electrons. The van der Waals surface area contributed by atoms with Gasteiger partial charge in [0.15, 0.2) is 0 Å². The lowest BCUT2D eigenvalue weighted by Crippen LogP contribution is -2.15. The van der Waals surface area contributed by atoms with Crippen molar-refractivity contribution in [2.75, 3.05) is 12.4 Å². The largest absolute Gasteiger partial charge is 0.394 e. The van der Waals surface area contributed by atoms with Gasteiger partial charge in [-0.05, 0) is 13.0 Å². The van der Waals surface area contributed by atoms with Gasteiger partial charge in [-0.15, -0.1) is 11.8 Å². The highest BCUT2D eigenvalue weighted by molar-refractivity contribution is 7.99. The molecule has 0 spiro atoms. The van der Waals surface area contributed by atoms with E-state index in [2.05, 4.69) is 15.1 Å². The summed E-state index contributed by atoms with van der Waals surface area (Å²) >= 11 is 1.41. The molecule has 2 N–H and O–H groups in total. The number of hydrogen-bond donors (Lipinski definition) is 2. The van der Waals surface area contributed by atoms with Crippen molar-refractivity contribution in [3.8, 4) is 0 Å². The van der Waals surface area contributed by atoms with Gasteiger partial charge in [0.2, 0.25) is 0 Å². The summed E-state index contributed by atoms with van der Waals surface area (Å²) in [6.07, 6.45) is 0.714. The molecule has 0 bridgehead atoms. The molecule has 0 aromatic carbocycles. The van der Waals surface area contributed by atoms with E-state index in [4.69, 9.17) is 5.11 Å². The van der Waals surface area contributed by atoms with Crippen LogP contribution >= 0.6 is 11.8 Å². The SMILES string of the molecule is Cc1cc(SCC(O)CO)n2ncnc2n1. The molecule has 2 aromatic rings. The second kappa shape index (κ2) is 4.77.